The van der Waals surface area contributed by atoms with Gasteiger partial charge >= 0.3 is 0 Å². The quantitative estimate of drug-likeness (QED) is 0.821. The number of aromatic amines is 1. The van der Waals surface area contributed by atoms with Crippen LogP contribution in [0.1, 0.15) is 5.56 Å². The normalized spacial score (nSPS) is 10.4. The van der Waals surface area contributed by atoms with E-state index in [1.165, 1.54) is 0 Å². The molecule has 1 heterocycles. The fraction of sp³-hybridized carbons (Fsp3) is 0.250. The monoisotopic (exact) mass is 217 g/mol. The van der Waals surface area contributed by atoms with Gasteiger partial charge in [0.05, 0.1) is 19.0 Å². The molecule has 0 spiro atoms. The largest absolute Gasteiger partial charge is 0.497 e. The van der Waals surface area contributed by atoms with Crippen LogP contribution in [0.15, 0.2) is 30.5 Å². The third-order valence-corrected chi connectivity index (χ3v) is 2.46. The molecular weight excluding hydrogens is 202 g/mol. The third kappa shape index (κ3) is 2.06. The zero-order valence-corrected chi connectivity index (χ0v) is 9.45. The van der Waals surface area contributed by atoms with E-state index >= 15 is 0 Å². The van der Waals surface area contributed by atoms with Crippen LogP contribution < -0.4 is 10.1 Å². The molecule has 4 nitrogen and oxygen atoms in total. The van der Waals surface area contributed by atoms with Crippen LogP contribution in [0, 0.1) is 0 Å². The molecular formula is C12H15N3O. The Kier molecular flexibility index (Phi) is 3.22. The van der Waals surface area contributed by atoms with Gasteiger partial charge in [0.25, 0.3) is 0 Å². The smallest absolute Gasteiger partial charge is 0.118 e. The lowest BCUT2D eigenvalue weighted by Gasteiger charge is -2.04. The van der Waals surface area contributed by atoms with E-state index in [-0.39, 0.29) is 0 Å². The minimum atomic E-state index is 0.803. The Labute approximate surface area is 94.6 Å². The molecule has 16 heavy (non-hydrogen) atoms. The minimum absolute atomic E-state index is 0.803. The summed E-state index contributed by atoms with van der Waals surface area (Å²) in [5.74, 6) is 0.860. The molecule has 0 saturated heterocycles. The minimum Gasteiger partial charge on any atom is -0.497 e. The van der Waals surface area contributed by atoms with Gasteiger partial charge in [-0.3, -0.25) is 5.10 Å². The van der Waals surface area contributed by atoms with Gasteiger partial charge in [-0.1, -0.05) is 0 Å². The van der Waals surface area contributed by atoms with E-state index in [0.29, 0.717) is 0 Å². The van der Waals surface area contributed by atoms with Crippen molar-refractivity contribution in [2.75, 3.05) is 14.2 Å². The van der Waals surface area contributed by atoms with Crippen molar-refractivity contribution >= 4 is 0 Å². The van der Waals surface area contributed by atoms with Gasteiger partial charge < -0.3 is 10.1 Å². The standard InChI is InChI=1S/C12H15N3O/c1-13-7-10-8-14-15-12(10)9-3-5-11(16-2)6-4-9/h3-6,8,13H,7H2,1-2H3,(H,14,15). The number of ether oxygens (including phenoxy) is 1. The highest BCUT2D eigenvalue weighted by Gasteiger charge is 2.06. The number of aromatic nitrogens is 2. The summed E-state index contributed by atoms with van der Waals surface area (Å²) in [5, 5.41) is 10.2. The van der Waals surface area contributed by atoms with Gasteiger partial charge in [-0.15, -0.1) is 0 Å². The van der Waals surface area contributed by atoms with Crippen LogP contribution in [0.3, 0.4) is 0 Å². The first-order valence-corrected chi connectivity index (χ1v) is 5.16. The molecule has 4 heteroatoms. The molecule has 0 unspecified atom stereocenters. The van der Waals surface area contributed by atoms with Crippen molar-refractivity contribution in [3.05, 3.63) is 36.0 Å². The molecule has 1 aromatic carbocycles. The van der Waals surface area contributed by atoms with E-state index in [0.717, 1.165) is 29.1 Å². The highest BCUT2D eigenvalue weighted by Crippen LogP contribution is 2.23. The molecule has 0 amide bonds. The number of hydrogen-bond donors (Lipinski definition) is 2. The molecule has 0 radical (unpaired) electrons. The summed E-state index contributed by atoms with van der Waals surface area (Å²) in [6.45, 7) is 0.803. The van der Waals surface area contributed by atoms with Gasteiger partial charge in [0.15, 0.2) is 0 Å². The Morgan fingerprint density at radius 3 is 2.69 bits per heavy atom. The number of hydrogen-bond acceptors (Lipinski definition) is 3. The van der Waals surface area contributed by atoms with E-state index in [1.54, 1.807) is 7.11 Å². The fourth-order valence-corrected chi connectivity index (χ4v) is 1.64. The Morgan fingerprint density at radius 2 is 2.06 bits per heavy atom. The van der Waals surface area contributed by atoms with Crippen LogP contribution in [-0.4, -0.2) is 24.4 Å². The van der Waals surface area contributed by atoms with Crippen LogP contribution in [0.2, 0.25) is 0 Å². The van der Waals surface area contributed by atoms with Crippen molar-refractivity contribution in [3.8, 4) is 17.0 Å². The lowest BCUT2D eigenvalue weighted by Crippen LogP contribution is -2.05. The van der Waals surface area contributed by atoms with Crippen molar-refractivity contribution < 1.29 is 4.74 Å². The van der Waals surface area contributed by atoms with Gasteiger partial charge in [-0.05, 0) is 31.3 Å². The highest BCUT2D eigenvalue weighted by atomic mass is 16.5. The average molecular weight is 217 g/mol. The number of rotatable bonds is 4. The van der Waals surface area contributed by atoms with Gasteiger partial charge in [0.2, 0.25) is 0 Å². The molecule has 84 valence electrons. The van der Waals surface area contributed by atoms with Gasteiger partial charge in [0, 0.05) is 17.7 Å². The fourth-order valence-electron chi connectivity index (χ4n) is 1.64. The molecule has 0 atom stereocenters. The molecule has 0 aliphatic carbocycles. The summed E-state index contributed by atoms with van der Waals surface area (Å²) in [5.41, 5.74) is 3.33. The molecule has 1 aromatic heterocycles. The summed E-state index contributed by atoms with van der Waals surface area (Å²) >= 11 is 0. The number of nitrogens with zero attached hydrogens (tertiary/aromatic N) is 1. The third-order valence-electron chi connectivity index (χ3n) is 2.46. The SMILES string of the molecule is CNCc1cn[nH]c1-c1ccc(OC)cc1. The van der Waals surface area contributed by atoms with E-state index in [4.69, 9.17) is 4.74 Å². The van der Waals surface area contributed by atoms with Crippen LogP contribution in [-0.2, 0) is 6.54 Å². The maximum absolute atomic E-state index is 5.13. The first-order chi connectivity index (χ1) is 7.85. The second-order valence-corrected chi connectivity index (χ2v) is 3.53. The Balaban J connectivity index is 2.31. The predicted molar refractivity (Wildman–Crippen MR) is 63.3 cm³/mol. The van der Waals surface area contributed by atoms with Gasteiger partial charge in [-0.25, -0.2) is 0 Å². The summed E-state index contributed by atoms with van der Waals surface area (Å²) in [4.78, 5) is 0. The number of nitrogens with one attached hydrogen (secondary N) is 2. The number of H-pyrrole nitrogens is 1. The first-order valence-electron chi connectivity index (χ1n) is 5.16. The van der Waals surface area contributed by atoms with Crippen LogP contribution >= 0.6 is 0 Å². The number of methoxy groups -OCH3 is 1. The maximum Gasteiger partial charge on any atom is 0.118 e. The Morgan fingerprint density at radius 1 is 1.31 bits per heavy atom. The molecule has 0 aliphatic heterocycles. The Hall–Kier alpha value is -1.81. The molecule has 0 fully saturated rings. The molecule has 2 aromatic rings. The lowest BCUT2D eigenvalue weighted by molar-refractivity contribution is 0.415. The van der Waals surface area contributed by atoms with Gasteiger partial charge in [0.1, 0.15) is 5.75 Å². The zero-order chi connectivity index (χ0) is 11.4. The van der Waals surface area contributed by atoms with Crippen molar-refractivity contribution in [2.24, 2.45) is 0 Å². The summed E-state index contributed by atoms with van der Waals surface area (Å²) in [7, 11) is 3.59. The molecule has 0 bridgehead atoms. The first kappa shape index (κ1) is 10.7. The summed E-state index contributed by atoms with van der Waals surface area (Å²) < 4.78 is 5.13. The summed E-state index contributed by atoms with van der Waals surface area (Å²) in [6.07, 6.45) is 1.84. The van der Waals surface area contributed by atoms with Crippen LogP contribution in [0.25, 0.3) is 11.3 Å². The average Bonchev–Trinajstić information content (AvgIpc) is 2.78. The predicted octanol–water partition coefficient (Wildman–Crippen LogP) is 1.80. The van der Waals surface area contributed by atoms with E-state index < -0.39 is 0 Å². The van der Waals surface area contributed by atoms with Crippen LogP contribution in [0.5, 0.6) is 5.75 Å². The van der Waals surface area contributed by atoms with E-state index in [2.05, 4.69) is 15.5 Å². The highest BCUT2D eigenvalue weighted by molar-refractivity contribution is 5.63. The Bertz CT molecular complexity index is 448. The number of benzene rings is 1. The van der Waals surface area contributed by atoms with Crippen molar-refractivity contribution in [2.45, 2.75) is 6.54 Å². The maximum atomic E-state index is 5.13. The van der Waals surface area contributed by atoms with Crippen molar-refractivity contribution in [3.63, 3.8) is 0 Å². The van der Waals surface area contributed by atoms with Crippen LogP contribution in [0.4, 0.5) is 0 Å². The lowest BCUT2D eigenvalue weighted by atomic mass is 10.1. The molecule has 0 saturated carbocycles. The summed E-state index contributed by atoms with van der Waals surface area (Å²) in [6, 6.07) is 7.93. The van der Waals surface area contributed by atoms with E-state index in [9.17, 15) is 0 Å². The van der Waals surface area contributed by atoms with E-state index in [1.807, 2.05) is 37.5 Å². The van der Waals surface area contributed by atoms with Crippen molar-refractivity contribution in [1.82, 2.24) is 15.5 Å². The zero-order valence-electron chi connectivity index (χ0n) is 9.45. The van der Waals surface area contributed by atoms with Crippen molar-refractivity contribution in [1.29, 1.82) is 0 Å². The molecule has 2 rings (SSSR count). The molecule has 2 N–H and O–H groups in total. The van der Waals surface area contributed by atoms with Gasteiger partial charge in [-0.2, -0.15) is 5.10 Å². The topological polar surface area (TPSA) is 49.9 Å². The molecule has 0 aliphatic rings. The second kappa shape index (κ2) is 4.81. The second-order valence-electron chi connectivity index (χ2n) is 3.53.